The largest absolute Gasteiger partial charge is 0.323 e. The number of rotatable bonds is 6. The van der Waals surface area contributed by atoms with Crippen LogP contribution in [0, 0.1) is 0 Å². The van der Waals surface area contributed by atoms with Gasteiger partial charge in [-0.15, -0.1) is 11.3 Å². The van der Waals surface area contributed by atoms with Crippen LogP contribution in [0.15, 0.2) is 38.9 Å². The summed E-state index contributed by atoms with van der Waals surface area (Å²) in [5, 5.41) is 4.97. The second-order valence-electron chi connectivity index (χ2n) is 5.54. The zero-order valence-electron chi connectivity index (χ0n) is 13.1. The van der Waals surface area contributed by atoms with Crippen molar-refractivity contribution in [3.63, 3.8) is 0 Å². The number of hydrogen-bond acceptors (Lipinski definition) is 3. The molecule has 0 aliphatic heterocycles. The maximum atomic E-state index is 12.4. The zero-order valence-corrected chi connectivity index (χ0v) is 15.5. The molecule has 24 heavy (non-hydrogen) atoms. The zero-order chi connectivity index (χ0) is 17.1. The van der Waals surface area contributed by atoms with Crippen LogP contribution in [0.1, 0.15) is 11.8 Å². The Labute approximate surface area is 151 Å². The molecule has 2 heterocycles. The van der Waals surface area contributed by atoms with Gasteiger partial charge in [0.05, 0.1) is 28.1 Å². The summed E-state index contributed by atoms with van der Waals surface area (Å²) >= 11 is 5.14. The fraction of sp³-hybridized carbons (Fsp3) is 0.250. The Hall–Kier alpha value is -1.90. The Morgan fingerprint density at radius 3 is 2.75 bits per heavy atom. The van der Waals surface area contributed by atoms with Crippen molar-refractivity contribution in [1.82, 2.24) is 9.97 Å². The maximum Gasteiger partial charge on any atom is 0.323 e. The Kier molecular flexibility index (Phi) is 5.17. The molecule has 2 aromatic heterocycles. The van der Waals surface area contributed by atoms with Gasteiger partial charge in [0.1, 0.15) is 6.54 Å². The number of amides is 1. The number of H-pyrrole nitrogens is 2. The number of imidazole rings is 1. The number of fused-ring (bicyclic) bond motifs is 1. The van der Waals surface area contributed by atoms with Gasteiger partial charge in [0.15, 0.2) is 6.54 Å². The molecule has 3 aromatic rings. The van der Waals surface area contributed by atoms with Gasteiger partial charge in [0.25, 0.3) is 5.91 Å². The van der Waals surface area contributed by atoms with Gasteiger partial charge >= 0.3 is 5.69 Å². The molecule has 6 nitrogen and oxygen atoms in total. The predicted molar refractivity (Wildman–Crippen MR) is 99.6 cm³/mol. The normalized spacial score (nSPS) is 12.4. The summed E-state index contributed by atoms with van der Waals surface area (Å²) in [6.45, 7) is 4.18. The molecule has 4 N–H and O–H groups in total. The average molecular weight is 410 g/mol. The highest BCUT2D eigenvalue weighted by molar-refractivity contribution is 9.10. The smallest absolute Gasteiger partial charge is 0.323 e. The van der Waals surface area contributed by atoms with Gasteiger partial charge in [-0.25, -0.2) is 4.79 Å². The molecule has 126 valence electrons. The highest BCUT2D eigenvalue weighted by atomic mass is 79.9. The number of carbonyl (C=O) groups excluding carboxylic acids is 1. The van der Waals surface area contributed by atoms with Crippen LogP contribution >= 0.6 is 27.3 Å². The number of thiophene rings is 1. The Morgan fingerprint density at radius 1 is 1.33 bits per heavy atom. The molecule has 3 rings (SSSR count). The van der Waals surface area contributed by atoms with Crippen molar-refractivity contribution in [3.05, 3.63) is 49.5 Å². The average Bonchev–Trinajstić information content (AvgIpc) is 3.15. The fourth-order valence-corrected chi connectivity index (χ4v) is 3.76. The summed E-state index contributed by atoms with van der Waals surface area (Å²) in [5.41, 5.74) is 1.74. The lowest BCUT2D eigenvalue weighted by Crippen LogP contribution is -3.11. The van der Waals surface area contributed by atoms with Crippen LogP contribution in [-0.2, 0) is 11.3 Å². The number of anilines is 1. The van der Waals surface area contributed by atoms with E-state index in [1.165, 1.54) is 9.78 Å². The van der Waals surface area contributed by atoms with Gasteiger partial charge in [-0.2, -0.15) is 0 Å². The molecule has 0 saturated carbocycles. The number of hydrogen-bond donors (Lipinski definition) is 4. The number of quaternary nitrogens is 1. The van der Waals surface area contributed by atoms with E-state index in [1.807, 2.05) is 11.4 Å². The first-order valence-corrected chi connectivity index (χ1v) is 9.29. The summed E-state index contributed by atoms with van der Waals surface area (Å²) in [7, 11) is 0. The molecule has 1 amide bonds. The predicted octanol–water partition coefficient (Wildman–Crippen LogP) is 1.72. The van der Waals surface area contributed by atoms with E-state index in [0.29, 0.717) is 23.3 Å². The van der Waals surface area contributed by atoms with Crippen LogP contribution in [0.3, 0.4) is 0 Å². The molecule has 8 heteroatoms. The molecule has 0 aliphatic carbocycles. The third-order valence-corrected chi connectivity index (χ3v) is 5.33. The number of likely N-dealkylation sites (N-methyl/N-ethyl adjacent to an activating group) is 1. The minimum absolute atomic E-state index is 0.0543. The van der Waals surface area contributed by atoms with E-state index in [2.05, 4.69) is 44.2 Å². The molecular weight excluding hydrogens is 392 g/mol. The third kappa shape index (κ3) is 3.95. The molecule has 0 spiro atoms. The number of halogens is 1. The standard InChI is InChI=1S/C16H17BrN4O2S/c1-2-21(8-10-4-3-5-24-10)9-15(22)18-12-7-14-13(6-11(12)17)19-16(23)20-14/h3-7H,2,8-9H2,1H3,(H,18,22)(H2,19,20,23)/p+1. The van der Waals surface area contributed by atoms with Crippen LogP contribution in [0.4, 0.5) is 5.69 Å². The van der Waals surface area contributed by atoms with E-state index < -0.39 is 0 Å². The van der Waals surface area contributed by atoms with Crippen LogP contribution in [-0.4, -0.2) is 29.0 Å². The SMILES string of the molecule is CC[NH+](CC(=O)Nc1cc2[nH]c(=O)[nH]c2cc1Br)Cc1cccs1. The molecular formula is C16H18BrN4O2S+. The molecule has 1 unspecified atom stereocenters. The summed E-state index contributed by atoms with van der Waals surface area (Å²) in [5.74, 6) is -0.0543. The van der Waals surface area contributed by atoms with Crippen molar-refractivity contribution in [2.24, 2.45) is 0 Å². The second-order valence-corrected chi connectivity index (χ2v) is 7.43. The number of carbonyl (C=O) groups is 1. The lowest BCUT2D eigenvalue weighted by molar-refractivity contribution is -0.903. The maximum absolute atomic E-state index is 12.4. The third-order valence-electron chi connectivity index (χ3n) is 3.79. The van der Waals surface area contributed by atoms with Crippen molar-refractivity contribution >= 4 is 49.9 Å². The Balaban J connectivity index is 1.69. The quantitative estimate of drug-likeness (QED) is 0.499. The first-order chi connectivity index (χ1) is 11.5. The van der Waals surface area contributed by atoms with Crippen LogP contribution in [0.2, 0.25) is 0 Å². The van der Waals surface area contributed by atoms with Gasteiger partial charge in [0, 0.05) is 4.47 Å². The van der Waals surface area contributed by atoms with Crippen LogP contribution < -0.4 is 15.9 Å². The first kappa shape index (κ1) is 16.9. The van der Waals surface area contributed by atoms with Gasteiger partial charge in [-0.05, 0) is 46.4 Å². The fourth-order valence-electron chi connectivity index (χ4n) is 2.55. The molecule has 0 saturated heterocycles. The van der Waals surface area contributed by atoms with E-state index in [-0.39, 0.29) is 11.6 Å². The summed E-state index contributed by atoms with van der Waals surface area (Å²) < 4.78 is 0.731. The van der Waals surface area contributed by atoms with Gasteiger partial charge in [0.2, 0.25) is 0 Å². The first-order valence-electron chi connectivity index (χ1n) is 7.62. The van der Waals surface area contributed by atoms with Crippen molar-refractivity contribution in [1.29, 1.82) is 0 Å². The van der Waals surface area contributed by atoms with Crippen molar-refractivity contribution < 1.29 is 9.69 Å². The molecule has 0 bridgehead atoms. The monoisotopic (exact) mass is 409 g/mol. The minimum atomic E-state index is -0.266. The topological polar surface area (TPSA) is 82.2 Å². The van der Waals surface area contributed by atoms with Gasteiger partial charge in [-0.1, -0.05) is 6.07 Å². The lowest BCUT2D eigenvalue weighted by atomic mass is 10.2. The van der Waals surface area contributed by atoms with Gasteiger partial charge in [-0.3, -0.25) is 4.79 Å². The molecule has 0 fully saturated rings. The molecule has 1 atom stereocenters. The van der Waals surface area contributed by atoms with E-state index in [0.717, 1.165) is 17.6 Å². The second kappa shape index (κ2) is 7.33. The van der Waals surface area contributed by atoms with Crippen molar-refractivity contribution in [3.8, 4) is 0 Å². The number of nitrogens with one attached hydrogen (secondary N) is 4. The van der Waals surface area contributed by atoms with E-state index in [9.17, 15) is 9.59 Å². The van der Waals surface area contributed by atoms with Crippen molar-refractivity contribution in [2.75, 3.05) is 18.4 Å². The number of benzene rings is 1. The number of aromatic nitrogens is 2. The van der Waals surface area contributed by atoms with E-state index in [1.54, 1.807) is 23.5 Å². The molecule has 0 radical (unpaired) electrons. The van der Waals surface area contributed by atoms with Crippen LogP contribution in [0.25, 0.3) is 11.0 Å². The minimum Gasteiger partial charge on any atom is -0.323 e. The highest BCUT2D eigenvalue weighted by Gasteiger charge is 2.15. The lowest BCUT2D eigenvalue weighted by Gasteiger charge is -2.16. The van der Waals surface area contributed by atoms with Crippen molar-refractivity contribution in [2.45, 2.75) is 13.5 Å². The Morgan fingerprint density at radius 2 is 2.08 bits per heavy atom. The van der Waals surface area contributed by atoms with E-state index >= 15 is 0 Å². The molecule has 0 aliphatic rings. The number of aromatic amines is 2. The Bertz CT molecular complexity index is 901. The van der Waals surface area contributed by atoms with Gasteiger partial charge < -0.3 is 20.2 Å². The highest BCUT2D eigenvalue weighted by Crippen LogP contribution is 2.26. The van der Waals surface area contributed by atoms with E-state index in [4.69, 9.17) is 0 Å². The van der Waals surface area contributed by atoms with Crippen LogP contribution in [0.5, 0.6) is 0 Å². The summed E-state index contributed by atoms with van der Waals surface area (Å²) in [4.78, 5) is 31.6. The summed E-state index contributed by atoms with van der Waals surface area (Å²) in [6, 6.07) is 7.64. The summed E-state index contributed by atoms with van der Waals surface area (Å²) in [6.07, 6.45) is 0. The molecule has 1 aromatic carbocycles.